The zero-order valence-electron chi connectivity index (χ0n) is 13.1. The molecule has 2 aromatic rings. The van der Waals surface area contributed by atoms with Crippen LogP contribution < -0.4 is 9.64 Å². The number of benzene rings is 2. The van der Waals surface area contributed by atoms with Crippen LogP contribution in [0.4, 0.5) is 24.5 Å². The maximum Gasteiger partial charge on any atom is 0.573 e. The zero-order chi connectivity index (χ0) is 18.0. The lowest BCUT2D eigenvalue weighted by Gasteiger charge is -2.21. The van der Waals surface area contributed by atoms with E-state index in [1.54, 1.807) is 6.07 Å². The lowest BCUT2D eigenvalue weighted by atomic mass is 10.0. The monoisotopic (exact) mass is 352 g/mol. The van der Waals surface area contributed by atoms with Gasteiger partial charge in [0.05, 0.1) is 4.92 Å². The van der Waals surface area contributed by atoms with Gasteiger partial charge in [-0.25, -0.2) is 0 Å². The molecule has 132 valence electrons. The number of rotatable bonds is 4. The summed E-state index contributed by atoms with van der Waals surface area (Å²) in [6.45, 7) is 1.69. The van der Waals surface area contributed by atoms with Gasteiger partial charge in [-0.3, -0.25) is 10.1 Å². The second kappa shape index (κ2) is 6.62. The lowest BCUT2D eigenvalue weighted by molar-refractivity contribution is -0.384. The summed E-state index contributed by atoms with van der Waals surface area (Å²) in [6.07, 6.45) is -2.68. The Morgan fingerprint density at radius 3 is 2.24 bits per heavy atom. The fourth-order valence-electron chi connectivity index (χ4n) is 2.94. The Bertz CT molecular complexity index is 770. The summed E-state index contributed by atoms with van der Waals surface area (Å²) in [5.74, 6) is -0.329. The third-order valence-corrected chi connectivity index (χ3v) is 4.04. The summed E-state index contributed by atoms with van der Waals surface area (Å²) in [5, 5.41) is 11.1. The highest BCUT2D eigenvalue weighted by molar-refractivity contribution is 5.81. The summed E-state index contributed by atoms with van der Waals surface area (Å²) in [7, 11) is 0. The molecule has 0 aliphatic carbocycles. The molecule has 5 nitrogen and oxygen atoms in total. The smallest absolute Gasteiger partial charge is 0.406 e. The van der Waals surface area contributed by atoms with Gasteiger partial charge in [0.15, 0.2) is 0 Å². The molecule has 1 heterocycles. The molecule has 0 amide bonds. The summed E-state index contributed by atoms with van der Waals surface area (Å²) in [5.41, 5.74) is 2.00. The highest BCUT2D eigenvalue weighted by Gasteiger charge is 2.31. The standard InChI is InChI=1S/C17H15F3N2O3/c18-17(19,20)25-14-6-3-12(4-7-14)15-11-13(22(23)24)5-8-16(15)21-9-1-2-10-21/h3-8,11H,1-2,9-10H2. The SMILES string of the molecule is O=[N+]([O-])c1ccc(N2CCCC2)c(-c2ccc(OC(F)(F)F)cc2)c1. The molecule has 0 N–H and O–H groups in total. The minimum Gasteiger partial charge on any atom is -0.406 e. The summed E-state index contributed by atoms with van der Waals surface area (Å²) in [6, 6.07) is 9.94. The van der Waals surface area contributed by atoms with Crippen molar-refractivity contribution in [1.29, 1.82) is 0 Å². The molecule has 0 bridgehead atoms. The first-order valence-corrected chi connectivity index (χ1v) is 7.73. The fourth-order valence-corrected chi connectivity index (χ4v) is 2.94. The van der Waals surface area contributed by atoms with E-state index in [2.05, 4.69) is 9.64 Å². The highest BCUT2D eigenvalue weighted by atomic mass is 19.4. The van der Waals surface area contributed by atoms with Crippen molar-refractivity contribution < 1.29 is 22.8 Å². The Balaban J connectivity index is 1.98. The molecular formula is C17H15F3N2O3. The highest BCUT2D eigenvalue weighted by Crippen LogP contribution is 2.36. The second-order valence-electron chi connectivity index (χ2n) is 5.72. The Labute approximate surface area is 141 Å². The summed E-state index contributed by atoms with van der Waals surface area (Å²) in [4.78, 5) is 12.7. The molecule has 0 saturated carbocycles. The minimum atomic E-state index is -4.76. The Morgan fingerprint density at radius 1 is 1.04 bits per heavy atom. The van der Waals surface area contributed by atoms with Crippen molar-refractivity contribution in [2.24, 2.45) is 0 Å². The van der Waals surface area contributed by atoms with Gasteiger partial charge in [0.2, 0.25) is 0 Å². The van der Waals surface area contributed by atoms with Crippen molar-refractivity contribution >= 4 is 11.4 Å². The third-order valence-electron chi connectivity index (χ3n) is 4.04. The number of hydrogen-bond donors (Lipinski definition) is 0. The van der Waals surface area contributed by atoms with Gasteiger partial charge >= 0.3 is 6.36 Å². The number of ether oxygens (including phenoxy) is 1. The topological polar surface area (TPSA) is 55.6 Å². The van der Waals surface area contributed by atoms with Gasteiger partial charge in [0.25, 0.3) is 5.69 Å². The van der Waals surface area contributed by atoms with Crippen LogP contribution in [0.5, 0.6) is 5.75 Å². The summed E-state index contributed by atoms with van der Waals surface area (Å²) >= 11 is 0. The van der Waals surface area contributed by atoms with Crippen molar-refractivity contribution in [3.63, 3.8) is 0 Å². The molecule has 0 atom stereocenters. The Hall–Kier alpha value is -2.77. The number of nitrogens with zero attached hydrogens (tertiary/aromatic N) is 2. The number of hydrogen-bond acceptors (Lipinski definition) is 4. The van der Waals surface area contributed by atoms with Crippen LogP contribution in [-0.4, -0.2) is 24.4 Å². The molecule has 1 aliphatic heterocycles. The number of nitro groups is 1. The molecule has 0 aromatic heterocycles. The first-order chi connectivity index (χ1) is 11.8. The molecule has 1 saturated heterocycles. The number of nitro benzene ring substituents is 1. The van der Waals surface area contributed by atoms with Crippen LogP contribution in [0, 0.1) is 10.1 Å². The lowest BCUT2D eigenvalue weighted by Crippen LogP contribution is -2.18. The first kappa shape index (κ1) is 17.1. The predicted molar refractivity (Wildman–Crippen MR) is 86.7 cm³/mol. The average molecular weight is 352 g/mol. The molecule has 2 aromatic carbocycles. The molecule has 0 radical (unpaired) electrons. The number of anilines is 1. The Kier molecular flexibility index (Phi) is 4.52. The van der Waals surface area contributed by atoms with E-state index in [4.69, 9.17) is 0 Å². The number of alkyl halides is 3. The minimum absolute atomic E-state index is 0.0615. The van der Waals surface area contributed by atoms with Crippen molar-refractivity contribution in [2.45, 2.75) is 19.2 Å². The van der Waals surface area contributed by atoms with Crippen LogP contribution in [0.2, 0.25) is 0 Å². The normalized spacial score (nSPS) is 14.6. The van der Waals surface area contributed by atoms with Crippen LogP contribution in [-0.2, 0) is 0 Å². The van der Waals surface area contributed by atoms with Crippen LogP contribution >= 0.6 is 0 Å². The van der Waals surface area contributed by atoms with Gasteiger partial charge in [0.1, 0.15) is 5.75 Å². The Morgan fingerprint density at radius 2 is 1.68 bits per heavy atom. The molecule has 1 aliphatic rings. The zero-order valence-corrected chi connectivity index (χ0v) is 13.1. The van der Waals surface area contributed by atoms with E-state index in [1.807, 2.05) is 0 Å². The van der Waals surface area contributed by atoms with E-state index >= 15 is 0 Å². The summed E-state index contributed by atoms with van der Waals surface area (Å²) < 4.78 is 40.7. The van der Waals surface area contributed by atoms with Gasteiger partial charge in [-0.05, 0) is 36.6 Å². The van der Waals surface area contributed by atoms with Crippen LogP contribution in [0.1, 0.15) is 12.8 Å². The quantitative estimate of drug-likeness (QED) is 0.588. The van der Waals surface area contributed by atoms with Crippen molar-refractivity contribution in [3.8, 4) is 16.9 Å². The predicted octanol–water partition coefficient (Wildman–Crippen LogP) is 4.76. The molecule has 3 rings (SSSR count). The van der Waals surface area contributed by atoms with Crippen LogP contribution in [0.25, 0.3) is 11.1 Å². The molecule has 0 unspecified atom stereocenters. The average Bonchev–Trinajstić information content (AvgIpc) is 3.08. The van der Waals surface area contributed by atoms with Crippen LogP contribution in [0.3, 0.4) is 0 Å². The van der Waals surface area contributed by atoms with Gasteiger partial charge in [-0.1, -0.05) is 12.1 Å². The molecular weight excluding hydrogens is 337 g/mol. The molecule has 1 fully saturated rings. The molecule has 8 heteroatoms. The maximum absolute atomic E-state index is 12.3. The fraction of sp³-hybridized carbons (Fsp3) is 0.294. The van der Waals surface area contributed by atoms with E-state index in [9.17, 15) is 23.3 Å². The van der Waals surface area contributed by atoms with Gasteiger partial charge in [-0.15, -0.1) is 13.2 Å². The van der Waals surface area contributed by atoms with E-state index < -0.39 is 11.3 Å². The van der Waals surface area contributed by atoms with E-state index in [0.717, 1.165) is 31.6 Å². The largest absolute Gasteiger partial charge is 0.573 e. The van der Waals surface area contributed by atoms with E-state index in [0.29, 0.717) is 11.1 Å². The van der Waals surface area contributed by atoms with Crippen LogP contribution in [0.15, 0.2) is 42.5 Å². The van der Waals surface area contributed by atoms with E-state index in [1.165, 1.54) is 36.4 Å². The molecule has 25 heavy (non-hydrogen) atoms. The third kappa shape index (κ3) is 4.01. The van der Waals surface area contributed by atoms with Gasteiger partial charge in [0, 0.05) is 36.5 Å². The van der Waals surface area contributed by atoms with Crippen molar-refractivity contribution in [1.82, 2.24) is 0 Å². The maximum atomic E-state index is 12.3. The van der Waals surface area contributed by atoms with Gasteiger partial charge < -0.3 is 9.64 Å². The van der Waals surface area contributed by atoms with Crippen molar-refractivity contribution in [3.05, 3.63) is 52.6 Å². The number of halogens is 3. The second-order valence-corrected chi connectivity index (χ2v) is 5.72. The number of non-ortho nitro benzene ring substituents is 1. The molecule has 0 spiro atoms. The first-order valence-electron chi connectivity index (χ1n) is 7.73. The van der Waals surface area contributed by atoms with Gasteiger partial charge in [-0.2, -0.15) is 0 Å². The van der Waals surface area contributed by atoms with Crippen molar-refractivity contribution in [2.75, 3.05) is 18.0 Å². The van der Waals surface area contributed by atoms with E-state index in [-0.39, 0.29) is 11.4 Å².